The molecule has 5 rings (SSSR count). The fraction of sp³-hybridized carbons (Fsp3) is 0.281. The van der Waals surface area contributed by atoms with Gasteiger partial charge in [0.05, 0.1) is 28.2 Å². The molecule has 0 radical (unpaired) electrons. The Morgan fingerprint density at radius 1 is 0.977 bits per heavy atom. The minimum absolute atomic E-state index is 0.0320. The maximum Gasteiger partial charge on any atom is 0.416 e. The van der Waals surface area contributed by atoms with Crippen LogP contribution in [-0.4, -0.2) is 28.6 Å². The molecule has 0 bridgehead atoms. The highest BCUT2D eigenvalue weighted by atomic mass is 32.1. The zero-order chi connectivity index (χ0) is 30.4. The number of fused-ring (bicyclic) bond motifs is 1. The van der Waals surface area contributed by atoms with E-state index in [0.717, 1.165) is 58.6 Å². The van der Waals surface area contributed by atoms with Crippen molar-refractivity contribution in [3.63, 3.8) is 0 Å². The number of rotatable bonds is 10. The Bertz CT molecular complexity index is 1620. The molecule has 0 saturated carbocycles. The number of carbonyl (C=O) groups excluding carboxylic acids is 1. The van der Waals surface area contributed by atoms with Gasteiger partial charge in [0.1, 0.15) is 0 Å². The van der Waals surface area contributed by atoms with Gasteiger partial charge >= 0.3 is 18.2 Å². The van der Waals surface area contributed by atoms with Crippen LogP contribution in [-0.2, 0) is 17.5 Å². The number of carboxylic acid groups (broad SMARTS) is 1. The summed E-state index contributed by atoms with van der Waals surface area (Å²) in [6, 6.07) is 18.0. The first-order valence-electron chi connectivity index (χ1n) is 14.0. The van der Waals surface area contributed by atoms with Crippen LogP contribution in [0.4, 0.5) is 23.1 Å². The topological polar surface area (TPSA) is 103 Å². The molecule has 2 amide bonds. The van der Waals surface area contributed by atoms with E-state index in [-0.39, 0.29) is 17.1 Å². The lowest BCUT2D eigenvalue weighted by Crippen LogP contribution is -2.33. The van der Waals surface area contributed by atoms with E-state index in [1.54, 1.807) is 0 Å². The van der Waals surface area contributed by atoms with Gasteiger partial charge in [-0.2, -0.15) is 13.2 Å². The molecular weight excluding hydrogens is 577 g/mol. The lowest BCUT2D eigenvalue weighted by molar-refractivity contribution is -0.138. The van der Waals surface area contributed by atoms with Gasteiger partial charge < -0.3 is 15.7 Å². The molecule has 1 aliphatic rings. The summed E-state index contributed by atoms with van der Waals surface area (Å²) in [7, 11) is 0. The minimum Gasteiger partial charge on any atom is -0.481 e. The maximum absolute atomic E-state index is 13.2. The number of nitrogens with zero attached hydrogens (tertiary/aromatic N) is 1. The summed E-state index contributed by atoms with van der Waals surface area (Å²) < 4.78 is 39.9. The van der Waals surface area contributed by atoms with Crippen LogP contribution in [0.5, 0.6) is 0 Å². The second-order valence-corrected chi connectivity index (χ2v) is 11.4. The first kappa shape index (κ1) is 30.2. The molecule has 7 nitrogen and oxygen atoms in total. The second-order valence-electron chi connectivity index (χ2n) is 10.4. The van der Waals surface area contributed by atoms with Crippen LogP contribution in [0.2, 0.25) is 0 Å². The van der Waals surface area contributed by atoms with Gasteiger partial charge in [-0.1, -0.05) is 65.9 Å². The molecule has 0 spiro atoms. The van der Waals surface area contributed by atoms with Crippen molar-refractivity contribution in [2.75, 3.05) is 11.9 Å². The Labute approximate surface area is 250 Å². The van der Waals surface area contributed by atoms with Crippen molar-refractivity contribution in [1.29, 1.82) is 0 Å². The highest BCUT2D eigenvalue weighted by molar-refractivity contribution is 7.22. The van der Waals surface area contributed by atoms with Crippen molar-refractivity contribution in [1.82, 2.24) is 15.6 Å². The SMILES string of the molecule is O=C(O)CCNCc1ccc(C(NC(=O)Nc2nc3cc(C(F)(F)F)ccc3s2)c2ccc(C3=CCCCC3)cc2)cc1. The Balaban J connectivity index is 1.34. The van der Waals surface area contributed by atoms with Crippen LogP contribution in [0.1, 0.15) is 66.0 Å². The van der Waals surface area contributed by atoms with Crippen LogP contribution >= 0.6 is 11.3 Å². The fourth-order valence-corrected chi connectivity index (χ4v) is 5.87. The van der Waals surface area contributed by atoms with Crippen molar-refractivity contribution >= 4 is 44.3 Å². The van der Waals surface area contributed by atoms with E-state index >= 15 is 0 Å². The molecule has 1 unspecified atom stereocenters. The number of aliphatic carboxylic acids is 1. The van der Waals surface area contributed by atoms with Gasteiger partial charge in [0, 0.05) is 13.1 Å². The van der Waals surface area contributed by atoms with Crippen molar-refractivity contribution < 1.29 is 27.9 Å². The summed E-state index contributed by atoms with van der Waals surface area (Å²) >= 11 is 1.09. The zero-order valence-electron chi connectivity index (χ0n) is 23.2. The zero-order valence-corrected chi connectivity index (χ0v) is 24.0. The molecule has 4 aromatic rings. The van der Waals surface area contributed by atoms with Gasteiger partial charge in [-0.05, 0) is 71.7 Å². The molecule has 0 saturated heterocycles. The van der Waals surface area contributed by atoms with E-state index in [4.69, 9.17) is 5.11 Å². The molecule has 0 aliphatic heterocycles. The Kier molecular flexibility index (Phi) is 9.42. The van der Waals surface area contributed by atoms with Gasteiger partial charge in [-0.15, -0.1) is 0 Å². The normalized spacial score (nSPS) is 14.3. The third-order valence-electron chi connectivity index (χ3n) is 7.27. The van der Waals surface area contributed by atoms with Crippen molar-refractivity contribution in [3.8, 4) is 0 Å². The standard InChI is InChI=1S/C32H31F3N4O3S/c33-32(34,35)25-14-15-27-26(18-25)37-31(43-27)39-30(42)38-29(23-8-6-20(7-9-23)19-36-17-16-28(40)41)24-12-10-22(11-13-24)21-4-2-1-3-5-21/h4,6-15,18,29,36H,1-3,5,16-17,19H2,(H,40,41)(H2,37,38,39,42). The van der Waals surface area contributed by atoms with E-state index in [1.807, 2.05) is 36.4 Å². The predicted octanol–water partition coefficient (Wildman–Crippen LogP) is 7.75. The van der Waals surface area contributed by atoms with Crippen LogP contribution < -0.4 is 16.0 Å². The third-order valence-corrected chi connectivity index (χ3v) is 8.23. The number of benzene rings is 3. The Hall–Kier alpha value is -4.22. The molecule has 224 valence electrons. The Morgan fingerprint density at radius 2 is 1.70 bits per heavy atom. The number of carboxylic acids is 1. The van der Waals surface area contributed by atoms with Crippen LogP contribution in [0, 0.1) is 0 Å². The molecular formula is C32H31F3N4O3S. The average molecular weight is 609 g/mol. The van der Waals surface area contributed by atoms with Crippen molar-refractivity contribution in [2.24, 2.45) is 0 Å². The summed E-state index contributed by atoms with van der Waals surface area (Å²) in [5, 5.41) is 17.8. The van der Waals surface area contributed by atoms with Crippen molar-refractivity contribution in [2.45, 2.75) is 50.9 Å². The van der Waals surface area contributed by atoms with Gasteiger partial charge in [0.15, 0.2) is 5.13 Å². The van der Waals surface area contributed by atoms with Crippen molar-refractivity contribution in [3.05, 3.63) is 101 Å². The molecule has 1 aromatic heterocycles. The number of allylic oxidation sites excluding steroid dienone is 2. The number of amides is 2. The number of halogens is 3. The number of carbonyl (C=O) groups is 2. The van der Waals surface area contributed by atoms with E-state index in [9.17, 15) is 22.8 Å². The summed E-state index contributed by atoms with van der Waals surface area (Å²) in [5.41, 5.74) is 4.49. The Morgan fingerprint density at radius 3 is 2.35 bits per heavy atom. The third kappa shape index (κ3) is 7.99. The number of nitrogens with one attached hydrogen (secondary N) is 3. The molecule has 1 heterocycles. The van der Waals surface area contributed by atoms with E-state index < -0.39 is 29.8 Å². The number of hydrogen-bond donors (Lipinski definition) is 4. The minimum atomic E-state index is -4.48. The number of anilines is 1. The molecule has 43 heavy (non-hydrogen) atoms. The quantitative estimate of drug-likeness (QED) is 0.138. The molecule has 3 aromatic carbocycles. The highest BCUT2D eigenvalue weighted by Crippen LogP contribution is 2.34. The number of hydrogen-bond acceptors (Lipinski definition) is 5. The molecule has 11 heteroatoms. The van der Waals surface area contributed by atoms with E-state index in [1.165, 1.54) is 24.5 Å². The first-order valence-corrected chi connectivity index (χ1v) is 14.8. The van der Waals surface area contributed by atoms with Gasteiger partial charge in [-0.3, -0.25) is 10.1 Å². The lowest BCUT2D eigenvalue weighted by Gasteiger charge is -2.21. The number of urea groups is 1. The molecule has 4 N–H and O–H groups in total. The molecule has 1 aliphatic carbocycles. The van der Waals surface area contributed by atoms with E-state index in [0.29, 0.717) is 17.8 Å². The summed E-state index contributed by atoms with van der Waals surface area (Å²) in [4.78, 5) is 28.1. The van der Waals surface area contributed by atoms with Gasteiger partial charge in [0.25, 0.3) is 0 Å². The molecule has 0 fully saturated rings. The number of aromatic nitrogens is 1. The van der Waals surface area contributed by atoms with Crippen LogP contribution in [0.15, 0.2) is 72.8 Å². The predicted molar refractivity (Wildman–Crippen MR) is 162 cm³/mol. The maximum atomic E-state index is 13.2. The van der Waals surface area contributed by atoms with Gasteiger partial charge in [0.2, 0.25) is 0 Å². The lowest BCUT2D eigenvalue weighted by atomic mass is 9.91. The second kappa shape index (κ2) is 13.4. The first-order chi connectivity index (χ1) is 20.7. The van der Waals surface area contributed by atoms with E-state index in [2.05, 4.69) is 39.1 Å². The summed E-state index contributed by atoms with van der Waals surface area (Å²) in [5.74, 6) is -0.863. The monoisotopic (exact) mass is 608 g/mol. The number of alkyl halides is 3. The average Bonchev–Trinajstić information content (AvgIpc) is 3.40. The fourth-order valence-electron chi connectivity index (χ4n) is 5.03. The van der Waals surface area contributed by atoms with Crippen LogP contribution in [0.3, 0.4) is 0 Å². The highest BCUT2D eigenvalue weighted by Gasteiger charge is 2.31. The molecule has 1 atom stereocenters. The number of thiazole rings is 1. The van der Waals surface area contributed by atoms with Gasteiger partial charge in [-0.25, -0.2) is 9.78 Å². The van der Waals surface area contributed by atoms with Crippen LogP contribution in [0.25, 0.3) is 15.8 Å². The summed E-state index contributed by atoms with van der Waals surface area (Å²) in [6.07, 6.45) is 2.30. The summed E-state index contributed by atoms with van der Waals surface area (Å²) in [6.45, 7) is 0.858. The smallest absolute Gasteiger partial charge is 0.416 e. The largest absolute Gasteiger partial charge is 0.481 e.